The van der Waals surface area contributed by atoms with Gasteiger partial charge in [-0.3, -0.25) is 14.5 Å². The molecule has 0 spiro atoms. The van der Waals surface area contributed by atoms with Crippen LogP contribution in [-0.4, -0.2) is 55.7 Å². The van der Waals surface area contributed by atoms with Crippen molar-refractivity contribution in [3.63, 3.8) is 0 Å². The fourth-order valence-corrected chi connectivity index (χ4v) is 1.31. The van der Waals surface area contributed by atoms with Gasteiger partial charge in [0.1, 0.15) is 5.78 Å². The second-order valence-corrected chi connectivity index (χ2v) is 3.92. The van der Waals surface area contributed by atoms with Crippen LogP contribution in [0.2, 0.25) is 0 Å². The molecule has 0 aromatic heterocycles. The molecule has 0 rings (SSSR count). The molecule has 0 aromatic rings. The normalized spacial score (nSPS) is 12.7. The number of nitrogens with zero attached hydrogens (tertiary/aromatic N) is 2. The zero-order valence-electron chi connectivity index (χ0n) is 9.70. The fraction of sp³-hybridized carbons (Fsp3) is 0.800. The van der Waals surface area contributed by atoms with E-state index in [1.807, 2.05) is 19.0 Å². The molecule has 0 fully saturated rings. The van der Waals surface area contributed by atoms with E-state index in [4.69, 9.17) is 0 Å². The SMILES string of the molecule is CC(=O)C(CCC(=O)N(C)C)N(C)C. The number of amides is 1. The second-order valence-electron chi connectivity index (χ2n) is 3.92. The van der Waals surface area contributed by atoms with E-state index in [1.165, 1.54) is 0 Å². The van der Waals surface area contributed by atoms with Gasteiger partial charge in [-0.1, -0.05) is 0 Å². The Kier molecular flexibility index (Phi) is 5.38. The average Bonchev–Trinajstić information content (AvgIpc) is 2.02. The van der Waals surface area contributed by atoms with Gasteiger partial charge >= 0.3 is 0 Å². The maximum Gasteiger partial charge on any atom is 0.222 e. The van der Waals surface area contributed by atoms with Crippen molar-refractivity contribution in [3.05, 3.63) is 0 Å². The van der Waals surface area contributed by atoms with Crippen molar-refractivity contribution in [1.29, 1.82) is 0 Å². The minimum atomic E-state index is -0.140. The lowest BCUT2D eigenvalue weighted by Gasteiger charge is -2.21. The molecule has 0 aliphatic carbocycles. The van der Waals surface area contributed by atoms with Gasteiger partial charge < -0.3 is 4.90 Å². The monoisotopic (exact) mass is 200 g/mol. The van der Waals surface area contributed by atoms with Gasteiger partial charge in [-0.15, -0.1) is 0 Å². The van der Waals surface area contributed by atoms with Crippen LogP contribution in [0.25, 0.3) is 0 Å². The summed E-state index contributed by atoms with van der Waals surface area (Å²) in [5, 5.41) is 0. The number of Topliss-reactive ketones (excluding diaryl/α,β-unsaturated/α-hetero) is 1. The Morgan fingerprint density at radius 3 is 1.93 bits per heavy atom. The average molecular weight is 200 g/mol. The number of hydrogen-bond donors (Lipinski definition) is 0. The van der Waals surface area contributed by atoms with Crippen LogP contribution in [-0.2, 0) is 9.59 Å². The highest BCUT2D eigenvalue weighted by Gasteiger charge is 2.18. The van der Waals surface area contributed by atoms with Crippen LogP contribution >= 0.6 is 0 Å². The molecule has 4 nitrogen and oxygen atoms in total. The molecular weight excluding hydrogens is 180 g/mol. The molecule has 0 heterocycles. The first-order valence-electron chi connectivity index (χ1n) is 4.73. The molecule has 0 aromatic carbocycles. The summed E-state index contributed by atoms with van der Waals surface area (Å²) in [6, 6.07) is -0.140. The van der Waals surface area contributed by atoms with E-state index in [0.717, 1.165) is 0 Å². The van der Waals surface area contributed by atoms with Crippen molar-refractivity contribution in [2.75, 3.05) is 28.2 Å². The number of carbonyl (C=O) groups excluding carboxylic acids is 2. The molecule has 4 heteroatoms. The molecule has 0 saturated heterocycles. The van der Waals surface area contributed by atoms with Crippen molar-refractivity contribution >= 4 is 11.7 Å². The van der Waals surface area contributed by atoms with E-state index in [9.17, 15) is 9.59 Å². The van der Waals surface area contributed by atoms with Crippen molar-refractivity contribution in [1.82, 2.24) is 9.80 Å². The standard InChI is InChI=1S/C10H20N2O2/c1-8(13)9(11(2)3)6-7-10(14)12(4)5/h9H,6-7H2,1-5H3. The first-order valence-corrected chi connectivity index (χ1v) is 4.73. The minimum absolute atomic E-state index is 0.0677. The van der Waals surface area contributed by atoms with Crippen LogP contribution in [0, 0.1) is 0 Å². The van der Waals surface area contributed by atoms with Crippen molar-refractivity contribution in [3.8, 4) is 0 Å². The van der Waals surface area contributed by atoms with Crippen molar-refractivity contribution in [2.45, 2.75) is 25.8 Å². The minimum Gasteiger partial charge on any atom is -0.349 e. The Bertz CT molecular complexity index is 212. The smallest absolute Gasteiger partial charge is 0.222 e. The number of hydrogen-bond acceptors (Lipinski definition) is 3. The van der Waals surface area contributed by atoms with E-state index < -0.39 is 0 Å². The lowest BCUT2D eigenvalue weighted by atomic mass is 10.1. The lowest BCUT2D eigenvalue weighted by Crippen LogP contribution is -2.35. The molecule has 82 valence electrons. The Hall–Kier alpha value is -0.900. The predicted molar refractivity (Wildman–Crippen MR) is 56.1 cm³/mol. The van der Waals surface area contributed by atoms with Gasteiger partial charge in [-0.25, -0.2) is 0 Å². The first-order chi connectivity index (χ1) is 6.36. The molecule has 1 atom stereocenters. The van der Waals surface area contributed by atoms with Gasteiger partial charge in [0.15, 0.2) is 0 Å². The van der Waals surface area contributed by atoms with E-state index >= 15 is 0 Å². The van der Waals surface area contributed by atoms with Crippen LogP contribution in [0.4, 0.5) is 0 Å². The predicted octanol–water partition coefficient (Wildman–Crippen LogP) is 0.374. The summed E-state index contributed by atoms with van der Waals surface area (Å²) in [7, 11) is 7.15. The number of carbonyl (C=O) groups is 2. The van der Waals surface area contributed by atoms with Crippen molar-refractivity contribution in [2.24, 2.45) is 0 Å². The van der Waals surface area contributed by atoms with Crippen LogP contribution in [0.1, 0.15) is 19.8 Å². The highest BCUT2D eigenvalue weighted by Crippen LogP contribution is 2.05. The zero-order chi connectivity index (χ0) is 11.3. The lowest BCUT2D eigenvalue weighted by molar-refractivity contribution is -0.129. The molecule has 0 saturated carbocycles. The second kappa shape index (κ2) is 5.75. The number of likely N-dealkylation sites (N-methyl/N-ethyl adjacent to an activating group) is 1. The van der Waals surface area contributed by atoms with Gasteiger partial charge in [0.25, 0.3) is 0 Å². The summed E-state index contributed by atoms with van der Waals surface area (Å²) >= 11 is 0. The van der Waals surface area contributed by atoms with E-state index in [2.05, 4.69) is 0 Å². The molecular formula is C10H20N2O2. The zero-order valence-corrected chi connectivity index (χ0v) is 9.70. The fourth-order valence-electron chi connectivity index (χ4n) is 1.31. The third-order valence-electron chi connectivity index (χ3n) is 2.22. The third-order valence-corrected chi connectivity index (χ3v) is 2.22. The van der Waals surface area contributed by atoms with Crippen LogP contribution in [0.15, 0.2) is 0 Å². The molecule has 1 unspecified atom stereocenters. The molecule has 0 bridgehead atoms. The maximum atomic E-state index is 11.3. The van der Waals surface area contributed by atoms with E-state index in [0.29, 0.717) is 12.8 Å². The Morgan fingerprint density at radius 1 is 1.14 bits per heavy atom. The summed E-state index contributed by atoms with van der Waals surface area (Å²) in [4.78, 5) is 25.9. The Labute approximate surface area is 85.9 Å². The number of ketones is 1. The quantitative estimate of drug-likeness (QED) is 0.644. The molecule has 14 heavy (non-hydrogen) atoms. The third kappa shape index (κ3) is 4.37. The summed E-state index contributed by atoms with van der Waals surface area (Å²) in [5.74, 6) is 0.180. The summed E-state index contributed by atoms with van der Waals surface area (Å²) in [6.45, 7) is 1.56. The van der Waals surface area contributed by atoms with Gasteiger partial charge in [0.05, 0.1) is 6.04 Å². The number of rotatable bonds is 5. The van der Waals surface area contributed by atoms with E-state index in [-0.39, 0.29) is 17.7 Å². The molecule has 0 N–H and O–H groups in total. The van der Waals surface area contributed by atoms with Gasteiger partial charge in [0, 0.05) is 20.5 Å². The summed E-state index contributed by atoms with van der Waals surface area (Å²) in [6.07, 6.45) is 1.02. The van der Waals surface area contributed by atoms with Gasteiger partial charge in [-0.2, -0.15) is 0 Å². The Morgan fingerprint density at radius 2 is 1.64 bits per heavy atom. The maximum absolute atomic E-state index is 11.3. The Balaban J connectivity index is 4.08. The van der Waals surface area contributed by atoms with Crippen LogP contribution in [0.3, 0.4) is 0 Å². The van der Waals surface area contributed by atoms with Gasteiger partial charge in [0.2, 0.25) is 5.91 Å². The molecule has 0 radical (unpaired) electrons. The molecule has 0 aliphatic heterocycles. The summed E-state index contributed by atoms with van der Waals surface area (Å²) < 4.78 is 0. The van der Waals surface area contributed by atoms with Gasteiger partial charge in [-0.05, 0) is 27.4 Å². The van der Waals surface area contributed by atoms with Crippen molar-refractivity contribution < 1.29 is 9.59 Å². The summed E-state index contributed by atoms with van der Waals surface area (Å²) in [5.41, 5.74) is 0. The largest absolute Gasteiger partial charge is 0.349 e. The topological polar surface area (TPSA) is 40.6 Å². The molecule has 0 aliphatic rings. The van der Waals surface area contributed by atoms with E-state index in [1.54, 1.807) is 25.9 Å². The highest BCUT2D eigenvalue weighted by molar-refractivity contribution is 5.82. The van der Waals surface area contributed by atoms with Crippen LogP contribution in [0.5, 0.6) is 0 Å². The van der Waals surface area contributed by atoms with Crippen LogP contribution < -0.4 is 0 Å². The molecule has 1 amide bonds. The highest BCUT2D eigenvalue weighted by atomic mass is 16.2. The first kappa shape index (κ1) is 13.1.